The molecule has 0 heterocycles. The maximum Gasteiger partial charge on any atom is 0.310 e. The van der Waals surface area contributed by atoms with Gasteiger partial charge >= 0.3 is 5.97 Å². The topological polar surface area (TPSA) is 43.4 Å². The highest BCUT2D eigenvalue weighted by molar-refractivity contribution is 5.99. The molecule has 0 N–H and O–H groups in total. The van der Waals surface area contributed by atoms with Gasteiger partial charge < -0.3 is 4.74 Å². The van der Waals surface area contributed by atoms with Crippen LogP contribution in [0, 0.1) is 6.92 Å². The number of aryl methyl sites for hydroxylation is 1. The number of ether oxygens (including phenoxy) is 1. The molecule has 3 aromatic carbocycles. The molecule has 0 fully saturated rings. The number of hydrogen-bond acceptors (Lipinski definition) is 3. The SMILES string of the molecule is Cc1ccccc1CC(=O)OCC(=O)c1ccc2c(c1)-c1ccccc1C2. The van der Waals surface area contributed by atoms with E-state index >= 15 is 0 Å². The molecule has 0 atom stereocenters. The quantitative estimate of drug-likeness (QED) is 0.390. The van der Waals surface area contributed by atoms with Gasteiger partial charge in [-0.1, -0.05) is 60.7 Å². The Labute approximate surface area is 158 Å². The van der Waals surface area contributed by atoms with Crippen LogP contribution in [-0.2, 0) is 22.4 Å². The fraction of sp³-hybridized carbons (Fsp3) is 0.167. The van der Waals surface area contributed by atoms with Crippen molar-refractivity contribution < 1.29 is 14.3 Å². The summed E-state index contributed by atoms with van der Waals surface area (Å²) >= 11 is 0. The standard InChI is InChI=1S/C24H20O3/c1-16-6-2-3-7-17(16)14-24(26)27-15-23(25)20-11-10-19-12-18-8-4-5-9-21(18)22(19)13-20/h2-11,13H,12,14-15H2,1H3. The molecule has 0 aromatic heterocycles. The molecule has 3 nitrogen and oxygen atoms in total. The van der Waals surface area contributed by atoms with Crippen LogP contribution in [0.25, 0.3) is 11.1 Å². The maximum atomic E-state index is 12.5. The zero-order chi connectivity index (χ0) is 18.8. The second-order valence-electron chi connectivity index (χ2n) is 6.89. The monoisotopic (exact) mass is 356 g/mol. The van der Waals surface area contributed by atoms with E-state index in [2.05, 4.69) is 12.1 Å². The first-order valence-electron chi connectivity index (χ1n) is 9.06. The van der Waals surface area contributed by atoms with E-state index in [0.29, 0.717) is 5.56 Å². The first kappa shape index (κ1) is 17.2. The summed E-state index contributed by atoms with van der Waals surface area (Å²) < 4.78 is 5.22. The van der Waals surface area contributed by atoms with Crippen molar-refractivity contribution in [3.63, 3.8) is 0 Å². The molecule has 3 aromatic rings. The highest BCUT2D eigenvalue weighted by atomic mass is 16.5. The summed E-state index contributed by atoms with van der Waals surface area (Å²) in [5.41, 5.74) is 7.32. The number of rotatable bonds is 5. The van der Waals surface area contributed by atoms with Gasteiger partial charge in [-0.05, 0) is 52.8 Å². The number of ketones is 1. The largest absolute Gasteiger partial charge is 0.457 e. The number of carbonyl (C=O) groups is 2. The second kappa shape index (κ2) is 7.20. The van der Waals surface area contributed by atoms with Crippen molar-refractivity contribution in [2.75, 3.05) is 6.61 Å². The summed E-state index contributed by atoms with van der Waals surface area (Å²) in [6.07, 6.45) is 1.07. The summed E-state index contributed by atoms with van der Waals surface area (Å²) in [5.74, 6) is -0.565. The Hall–Kier alpha value is -3.20. The smallest absolute Gasteiger partial charge is 0.310 e. The summed E-state index contributed by atoms with van der Waals surface area (Å²) in [7, 11) is 0. The van der Waals surface area contributed by atoms with Crippen LogP contribution in [0.2, 0.25) is 0 Å². The van der Waals surface area contributed by atoms with E-state index < -0.39 is 0 Å². The molecule has 3 heteroatoms. The minimum atomic E-state index is -0.385. The van der Waals surface area contributed by atoms with Gasteiger partial charge in [0.2, 0.25) is 0 Å². The van der Waals surface area contributed by atoms with Crippen molar-refractivity contribution >= 4 is 11.8 Å². The summed E-state index contributed by atoms with van der Waals surface area (Å²) in [6.45, 7) is 1.72. The van der Waals surface area contributed by atoms with Gasteiger partial charge in [-0.15, -0.1) is 0 Å². The Morgan fingerprint density at radius 1 is 0.889 bits per heavy atom. The Balaban J connectivity index is 1.43. The summed E-state index contributed by atoms with van der Waals surface area (Å²) in [4.78, 5) is 24.6. The molecule has 1 aliphatic carbocycles. The third-order valence-electron chi connectivity index (χ3n) is 5.08. The molecule has 0 bridgehead atoms. The van der Waals surface area contributed by atoms with E-state index in [9.17, 15) is 9.59 Å². The first-order valence-corrected chi connectivity index (χ1v) is 9.06. The second-order valence-corrected chi connectivity index (χ2v) is 6.89. The Kier molecular flexibility index (Phi) is 4.59. The highest BCUT2D eigenvalue weighted by Gasteiger charge is 2.20. The summed E-state index contributed by atoms with van der Waals surface area (Å²) in [5, 5.41) is 0. The fourth-order valence-corrected chi connectivity index (χ4v) is 3.54. The number of benzene rings is 3. The molecule has 4 rings (SSSR count). The predicted octanol–water partition coefficient (Wildman–Crippen LogP) is 4.53. The molecule has 0 aliphatic heterocycles. The number of carbonyl (C=O) groups excluding carboxylic acids is 2. The van der Waals surface area contributed by atoms with Gasteiger partial charge in [0, 0.05) is 5.56 Å². The van der Waals surface area contributed by atoms with Gasteiger partial charge in [0.25, 0.3) is 0 Å². The Morgan fingerprint density at radius 3 is 2.48 bits per heavy atom. The molecule has 0 amide bonds. The average Bonchev–Trinajstić information content (AvgIpc) is 3.06. The van der Waals surface area contributed by atoms with Crippen molar-refractivity contribution in [1.82, 2.24) is 0 Å². The lowest BCUT2D eigenvalue weighted by molar-refractivity contribution is -0.141. The van der Waals surface area contributed by atoms with Gasteiger partial charge in [0.05, 0.1) is 6.42 Å². The third kappa shape index (κ3) is 3.54. The van der Waals surface area contributed by atoms with Gasteiger partial charge in [-0.2, -0.15) is 0 Å². The lowest BCUT2D eigenvalue weighted by Gasteiger charge is -2.08. The molecule has 1 aliphatic rings. The normalized spacial score (nSPS) is 11.6. The fourth-order valence-electron chi connectivity index (χ4n) is 3.54. The third-order valence-corrected chi connectivity index (χ3v) is 5.08. The van der Waals surface area contributed by atoms with Gasteiger partial charge in [-0.25, -0.2) is 0 Å². The molecule has 0 unspecified atom stereocenters. The van der Waals surface area contributed by atoms with Crippen LogP contribution >= 0.6 is 0 Å². The van der Waals surface area contributed by atoms with Crippen molar-refractivity contribution in [1.29, 1.82) is 0 Å². The van der Waals surface area contributed by atoms with Crippen molar-refractivity contribution in [2.24, 2.45) is 0 Å². The number of esters is 1. The van der Waals surface area contributed by atoms with Crippen molar-refractivity contribution in [3.05, 3.63) is 94.5 Å². The van der Waals surface area contributed by atoms with Crippen LogP contribution in [0.15, 0.2) is 66.7 Å². The van der Waals surface area contributed by atoms with Crippen molar-refractivity contribution in [3.8, 4) is 11.1 Å². The lowest BCUT2D eigenvalue weighted by Crippen LogP contribution is -2.16. The molecule has 0 saturated heterocycles. The molecular weight excluding hydrogens is 336 g/mol. The van der Waals surface area contributed by atoms with E-state index in [0.717, 1.165) is 23.1 Å². The van der Waals surface area contributed by atoms with Crippen LogP contribution in [0.5, 0.6) is 0 Å². The van der Waals surface area contributed by atoms with Crippen LogP contribution in [0.1, 0.15) is 32.6 Å². The van der Waals surface area contributed by atoms with E-state index in [4.69, 9.17) is 4.74 Å². The number of Topliss-reactive ketones (excluding diaryl/α,β-unsaturated/α-hetero) is 1. The number of hydrogen-bond donors (Lipinski definition) is 0. The molecule has 0 spiro atoms. The van der Waals surface area contributed by atoms with Crippen LogP contribution in [0.3, 0.4) is 0 Å². The molecule has 0 radical (unpaired) electrons. The summed E-state index contributed by atoms with van der Waals surface area (Å²) in [6, 6.07) is 21.6. The zero-order valence-electron chi connectivity index (χ0n) is 15.2. The van der Waals surface area contributed by atoms with Gasteiger partial charge in [-0.3, -0.25) is 9.59 Å². The maximum absolute atomic E-state index is 12.5. The van der Waals surface area contributed by atoms with Crippen LogP contribution in [0.4, 0.5) is 0 Å². The Bertz CT molecular complexity index is 1030. The van der Waals surface area contributed by atoms with Gasteiger partial charge in [0.15, 0.2) is 12.4 Å². The van der Waals surface area contributed by atoms with Gasteiger partial charge in [0.1, 0.15) is 0 Å². The van der Waals surface area contributed by atoms with Crippen LogP contribution < -0.4 is 0 Å². The zero-order valence-corrected chi connectivity index (χ0v) is 15.2. The molecule has 27 heavy (non-hydrogen) atoms. The number of fused-ring (bicyclic) bond motifs is 3. The predicted molar refractivity (Wildman–Crippen MR) is 105 cm³/mol. The van der Waals surface area contributed by atoms with E-state index in [1.807, 2.05) is 61.5 Å². The minimum absolute atomic E-state index is 0.178. The van der Waals surface area contributed by atoms with E-state index in [1.165, 1.54) is 16.7 Å². The molecule has 0 saturated carbocycles. The lowest BCUT2D eigenvalue weighted by atomic mass is 10.0. The van der Waals surface area contributed by atoms with E-state index in [1.54, 1.807) is 0 Å². The first-order chi connectivity index (χ1) is 13.1. The molecular formula is C24H20O3. The highest BCUT2D eigenvalue weighted by Crippen LogP contribution is 2.36. The Morgan fingerprint density at radius 2 is 1.63 bits per heavy atom. The van der Waals surface area contributed by atoms with Crippen LogP contribution in [-0.4, -0.2) is 18.4 Å². The molecule has 134 valence electrons. The minimum Gasteiger partial charge on any atom is -0.457 e. The van der Waals surface area contributed by atoms with Crippen molar-refractivity contribution in [2.45, 2.75) is 19.8 Å². The van der Waals surface area contributed by atoms with E-state index in [-0.39, 0.29) is 24.8 Å². The average molecular weight is 356 g/mol.